The van der Waals surface area contributed by atoms with Crippen molar-refractivity contribution in [1.29, 1.82) is 0 Å². The van der Waals surface area contributed by atoms with Crippen molar-refractivity contribution < 1.29 is 0 Å². The van der Waals surface area contributed by atoms with Gasteiger partial charge in [-0.3, -0.25) is 0 Å². The summed E-state index contributed by atoms with van der Waals surface area (Å²) in [6, 6.07) is 52.6. The van der Waals surface area contributed by atoms with Gasteiger partial charge in [0.25, 0.3) is 0 Å². The second-order valence-corrected chi connectivity index (χ2v) is 11.3. The number of rotatable bonds is 9. The minimum absolute atomic E-state index is 0.644. The monoisotopic (exact) mass is 543 g/mol. The maximum atomic E-state index is 2.42. The molecular formula is C41H37N. The largest absolute Gasteiger partial charge is 0.338 e. The molecule has 6 rings (SSSR count). The zero-order valence-electron chi connectivity index (χ0n) is 24.4. The predicted molar refractivity (Wildman–Crippen MR) is 182 cm³/mol. The number of nitrogens with zero attached hydrogens (tertiary/aromatic N) is 1. The first kappa shape index (κ1) is 27.3. The van der Waals surface area contributed by atoms with Crippen molar-refractivity contribution in [2.45, 2.75) is 20.3 Å². The fraction of sp³-hybridized carbons (Fsp3) is 0.122. The molecule has 206 valence electrons. The van der Waals surface area contributed by atoms with E-state index in [1.54, 1.807) is 0 Å². The van der Waals surface area contributed by atoms with Gasteiger partial charge in [-0.1, -0.05) is 141 Å². The van der Waals surface area contributed by atoms with Crippen LogP contribution in [0.3, 0.4) is 0 Å². The second kappa shape index (κ2) is 12.7. The van der Waals surface area contributed by atoms with Gasteiger partial charge in [0, 0.05) is 17.9 Å². The first-order valence-corrected chi connectivity index (χ1v) is 14.9. The molecule has 1 nitrogen and oxygen atoms in total. The van der Waals surface area contributed by atoms with E-state index in [0.29, 0.717) is 5.92 Å². The molecule has 6 aromatic rings. The number of hydrogen-bond acceptors (Lipinski definition) is 1. The van der Waals surface area contributed by atoms with Crippen LogP contribution >= 0.6 is 0 Å². The fourth-order valence-corrected chi connectivity index (χ4v) is 5.54. The quantitative estimate of drug-likeness (QED) is 0.164. The minimum atomic E-state index is 0.644. The highest BCUT2D eigenvalue weighted by Crippen LogP contribution is 2.38. The van der Waals surface area contributed by atoms with Crippen molar-refractivity contribution >= 4 is 22.1 Å². The molecule has 1 heteroatoms. The molecule has 0 amide bonds. The Kier molecular flexibility index (Phi) is 8.28. The molecule has 0 radical (unpaired) electrons. The molecule has 0 aromatic heterocycles. The summed E-state index contributed by atoms with van der Waals surface area (Å²) >= 11 is 0. The molecule has 0 saturated heterocycles. The third-order valence-electron chi connectivity index (χ3n) is 7.81. The van der Waals surface area contributed by atoms with E-state index < -0.39 is 0 Å². The lowest BCUT2D eigenvalue weighted by atomic mass is 9.92. The molecule has 42 heavy (non-hydrogen) atoms. The maximum absolute atomic E-state index is 2.42. The number of allylic oxidation sites excluding steroid dienone is 1. The lowest BCUT2D eigenvalue weighted by Crippen LogP contribution is -2.17. The van der Waals surface area contributed by atoms with Crippen molar-refractivity contribution in [1.82, 2.24) is 0 Å². The summed E-state index contributed by atoms with van der Waals surface area (Å²) in [5.41, 5.74) is 9.75. The zero-order valence-corrected chi connectivity index (χ0v) is 24.4. The predicted octanol–water partition coefficient (Wildman–Crippen LogP) is 11.6. The Morgan fingerprint density at radius 3 is 1.79 bits per heavy atom. The van der Waals surface area contributed by atoms with Gasteiger partial charge in [0.15, 0.2) is 0 Å². The highest BCUT2D eigenvalue weighted by molar-refractivity contribution is 5.92. The molecule has 0 aliphatic heterocycles. The fourth-order valence-electron chi connectivity index (χ4n) is 5.54. The van der Waals surface area contributed by atoms with E-state index in [9.17, 15) is 0 Å². The number of fused-ring (bicyclic) bond motifs is 1. The molecule has 0 N–H and O–H groups in total. The van der Waals surface area contributed by atoms with Gasteiger partial charge < -0.3 is 4.90 Å². The Morgan fingerprint density at radius 2 is 1.07 bits per heavy atom. The zero-order chi connectivity index (χ0) is 28.7. The Labute approximate surface area is 250 Å². The van der Waals surface area contributed by atoms with E-state index in [4.69, 9.17) is 0 Å². The average molecular weight is 544 g/mol. The summed E-state index contributed by atoms with van der Waals surface area (Å²) < 4.78 is 0. The molecule has 0 atom stereocenters. The Hall–Kier alpha value is -4.88. The van der Waals surface area contributed by atoms with E-state index in [-0.39, 0.29) is 0 Å². The summed E-state index contributed by atoms with van der Waals surface area (Å²) in [5, 5.41) is 2.52. The summed E-state index contributed by atoms with van der Waals surface area (Å²) in [7, 11) is 0. The summed E-state index contributed by atoms with van der Waals surface area (Å²) in [5.74, 6) is 0.644. The van der Waals surface area contributed by atoms with Crippen LogP contribution in [0.4, 0.5) is 11.4 Å². The molecular weight excluding hydrogens is 506 g/mol. The Balaban J connectivity index is 1.43. The standard InChI is InChI=1S/C41H37N/c1-31(2)13-11-12-28-42(38-24-22-34(23-25-38)32-14-5-3-6-15-32)39-26-27-40(41(30-39)35-17-7-4-8-18-35)37-21-20-33-16-9-10-19-36(33)29-37/h3-12,14-27,29-31H,13,28H2,1-2H3/b12-11-. The van der Waals surface area contributed by atoms with Crippen molar-refractivity contribution in [3.63, 3.8) is 0 Å². The van der Waals surface area contributed by atoms with Crippen LogP contribution < -0.4 is 4.90 Å². The van der Waals surface area contributed by atoms with Crippen LogP contribution in [0.25, 0.3) is 44.2 Å². The van der Waals surface area contributed by atoms with Gasteiger partial charge in [0.1, 0.15) is 0 Å². The SMILES string of the molecule is CC(C)C/C=C\CN(c1ccc(-c2ccccc2)cc1)c1ccc(-c2ccc3ccccc3c2)c(-c2ccccc2)c1. The number of benzene rings is 6. The molecule has 0 saturated carbocycles. The van der Waals surface area contributed by atoms with Crippen LogP contribution in [0.15, 0.2) is 158 Å². The summed E-state index contributed by atoms with van der Waals surface area (Å²) in [6.45, 7) is 5.34. The second-order valence-electron chi connectivity index (χ2n) is 11.3. The third-order valence-corrected chi connectivity index (χ3v) is 7.81. The maximum Gasteiger partial charge on any atom is 0.0420 e. The average Bonchev–Trinajstić information content (AvgIpc) is 3.05. The van der Waals surface area contributed by atoms with Crippen LogP contribution in [-0.4, -0.2) is 6.54 Å². The van der Waals surface area contributed by atoms with E-state index in [0.717, 1.165) is 13.0 Å². The van der Waals surface area contributed by atoms with Crippen molar-refractivity contribution in [3.05, 3.63) is 158 Å². The van der Waals surface area contributed by atoms with Crippen molar-refractivity contribution in [3.8, 4) is 33.4 Å². The molecule has 0 spiro atoms. The minimum Gasteiger partial charge on any atom is -0.338 e. The topological polar surface area (TPSA) is 3.24 Å². The Bertz CT molecular complexity index is 1780. The highest BCUT2D eigenvalue weighted by Gasteiger charge is 2.14. The lowest BCUT2D eigenvalue weighted by Gasteiger charge is -2.26. The van der Waals surface area contributed by atoms with Crippen LogP contribution in [0.5, 0.6) is 0 Å². The van der Waals surface area contributed by atoms with Crippen molar-refractivity contribution in [2.75, 3.05) is 11.4 Å². The lowest BCUT2D eigenvalue weighted by molar-refractivity contribution is 0.663. The summed E-state index contributed by atoms with van der Waals surface area (Å²) in [4.78, 5) is 2.42. The van der Waals surface area contributed by atoms with Crippen molar-refractivity contribution in [2.24, 2.45) is 5.92 Å². The molecule has 6 aromatic carbocycles. The van der Waals surface area contributed by atoms with E-state index >= 15 is 0 Å². The normalized spacial score (nSPS) is 11.4. The van der Waals surface area contributed by atoms with Gasteiger partial charge >= 0.3 is 0 Å². The number of hydrogen-bond donors (Lipinski definition) is 0. The molecule has 0 fully saturated rings. The van der Waals surface area contributed by atoms with E-state index in [1.165, 1.54) is 55.5 Å². The van der Waals surface area contributed by atoms with Crippen LogP contribution in [-0.2, 0) is 0 Å². The van der Waals surface area contributed by atoms with Gasteiger partial charge in [-0.25, -0.2) is 0 Å². The first-order valence-electron chi connectivity index (χ1n) is 14.9. The molecule has 0 unspecified atom stereocenters. The van der Waals surface area contributed by atoms with Crippen LogP contribution in [0.1, 0.15) is 20.3 Å². The molecule has 0 heterocycles. The van der Waals surface area contributed by atoms with Gasteiger partial charge in [-0.05, 0) is 86.8 Å². The third kappa shape index (κ3) is 6.21. The van der Waals surface area contributed by atoms with Gasteiger partial charge in [0.05, 0.1) is 0 Å². The molecule has 0 aliphatic rings. The highest BCUT2D eigenvalue weighted by atomic mass is 15.1. The summed E-state index contributed by atoms with van der Waals surface area (Å²) in [6.07, 6.45) is 5.71. The van der Waals surface area contributed by atoms with Gasteiger partial charge in [-0.2, -0.15) is 0 Å². The molecule has 0 aliphatic carbocycles. The smallest absolute Gasteiger partial charge is 0.0420 e. The number of anilines is 2. The van der Waals surface area contributed by atoms with Crippen LogP contribution in [0.2, 0.25) is 0 Å². The van der Waals surface area contributed by atoms with Gasteiger partial charge in [0.2, 0.25) is 0 Å². The van der Waals surface area contributed by atoms with E-state index in [1.807, 2.05) is 0 Å². The Morgan fingerprint density at radius 1 is 0.476 bits per heavy atom. The van der Waals surface area contributed by atoms with Crippen LogP contribution in [0, 0.1) is 5.92 Å². The van der Waals surface area contributed by atoms with E-state index in [2.05, 4.69) is 176 Å². The van der Waals surface area contributed by atoms with Gasteiger partial charge in [-0.15, -0.1) is 0 Å². The first-order chi connectivity index (χ1) is 20.7. The molecule has 0 bridgehead atoms.